The summed E-state index contributed by atoms with van der Waals surface area (Å²) in [6.07, 6.45) is -0.999. The first kappa shape index (κ1) is 21.8. The first-order chi connectivity index (χ1) is 12.7. The van der Waals surface area contributed by atoms with Gasteiger partial charge in [0.05, 0.1) is 11.9 Å². The zero-order valence-electron chi connectivity index (χ0n) is 15.6. The zero-order valence-corrected chi connectivity index (χ0v) is 16.6. The predicted octanol–water partition coefficient (Wildman–Crippen LogP) is 2.44. The van der Waals surface area contributed by atoms with Gasteiger partial charge in [-0.1, -0.05) is 6.92 Å². The van der Waals surface area contributed by atoms with E-state index in [2.05, 4.69) is 25.7 Å². The summed E-state index contributed by atoms with van der Waals surface area (Å²) in [5.41, 5.74) is 1.74. The van der Waals surface area contributed by atoms with Crippen LogP contribution in [0.15, 0.2) is 12.4 Å². The third-order valence-electron chi connectivity index (χ3n) is 4.29. The molecule has 0 aromatic carbocycles. The van der Waals surface area contributed by atoms with Crippen molar-refractivity contribution in [3.8, 4) is 0 Å². The number of anilines is 3. The standard InChI is InChI=1S/C16H20F3N7O.H2S/c1-4-11-14(27)23-12-9(2)22-15(24-13(12)25(11)3)20-5-10-6-21-26(7-10)8-16(17,18)19;/h6-7,11H,4-5,8H2,1-3H3,(H,23,27)(H,20,22,24);1H2/t11-;/m0./s1. The minimum Gasteiger partial charge on any atom is -0.350 e. The van der Waals surface area contributed by atoms with Crippen molar-refractivity contribution in [3.05, 3.63) is 23.7 Å². The van der Waals surface area contributed by atoms with Crippen LogP contribution in [-0.2, 0) is 17.9 Å². The number of amides is 1. The Bertz CT molecular complexity index is 855. The molecule has 0 saturated heterocycles. The Morgan fingerprint density at radius 2 is 2.04 bits per heavy atom. The highest BCUT2D eigenvalue weighted by atomic mass is 32.1. The summed E-state index contributed by atoms with van der Waals surface area (Å²) in [6, 6.07) is -0.319. The van der Waals surface area contributed by atoms with E-state index in [1.54, 1.807) is 18.9 Å². The predicted molar refractivity (Wildman–Crippen MR) is 104 cm³/mol. The van der Waals surface area contributed by atoms with Crippen LogP contribution in [-0.4, -0.2) is 44.9 Å². The first-order valence-corrected chi connectivity index (χ1v) is 8.42. The van der Waals surface area contributed by atoms with Crippen molar-refractivity contribution in [2.24, 2.45) is 0 Å². The van der Waals surface area contributed by atoms with E-state index in [0.717, 1.165) is 4.68 Å². The van der Waals surface area contributed by atoms with Crippen LogP contribution >= 0.6 is 13.5 Å². The summed E-state index contributed by atoms with van der Waals surface area (Å²) in [5, 5.41) is 9.53. The van der Waals surface area contributed by atoms with Crippen molar-refractivity contribution in [2.45, 2.75) is 45.6 Å². The third-order valence-corrected chi connectivity index (χ3v) is 4.29. The van der Waals surface area contributed by atoms with Crippen LogP contribution in [0.25, 0.3) is 0 Å². The Morgan fingerprint density at radius 1 is 1.32 bits per heavy atom. The molecular formula is C16H22F3N7OS. The van der Waals surface area contributed by atoms with E-state index < -0.39 is 12.7 Å². The number of halogens is 3. The zero-order chi connectivity index (χ0) is 19.8. The molecule has 154 valence electrons. The molecule has 1 aliphatic rings. The molecule has 0 fully saturated rings. The molecule has 12 heteroatoms. The number of hydrogen-bond acceptors (Lipinski definition) is 6. The van der Waals surface area contributed by atoms with Gasteiger partial charge in [-0.25, -0.2) is 4.98 Å². The molecule has 0 spiro atoms. The number of aryl methyl sites for hydroxylation is 1. The molecule has 0 aliphatic carbocycles. The van der Waals surface area contributed by atoms with Crippen molar-refractivity contribution in [1.82, 2.24) is 19.7 Å². The van der Waals surface area contributed by atoms with E-state index in [-0.39, 0.29) is 32.0 Å². The lowest BCUT2D eigenvalue weighted by Crippen LogP contribution is -2.46. The summed E-state index contributed by atoms with van der Waals surface area (Å²) in [7, 11) is 1.79. The number of alkyl halides is 3. The van der Waals surface area contributed by atoms with Crippen molar-refractivity contribution in [3.63, 3.8) is 0 Å². The number of nitrogens with zero attached hydrogens (tertiary/aromatic N) is 5. The lowest BCUT2D eigenvalue weighted by atomic mass is 10.1. The molecular weight excluding hydrogens is 395 g/mol. The van der Waals surface area contributed by atoms with Crippen LogP contribution in [0.5, 0.6) is 0 Å². The van der Waals surface area contributed by atoms with Gasteiger partial charge in [-0.15, -0.1) is 0 Å². The summed E-state index contributed by atoms with van der Waals surface area (Å²) in [6.45, 7) is 2.76. The van der Waals surface area contributed by atoms with Crippen LogP contribution in [0.4, 0.5) is 30.6 Å². The fourth-order valence-corrected chi connectivity index (χ4v) is 2.98. The van der Waals surface area contributed by atoms with Gasteiger partial charge in [-0.05, 0) is 13.3 Å². The Hall–Kier alpha value is -2.50. The molecule has 1 atom stereocenters. The van der Waals surface area contributed by atoms with E-state index in [4.69, 9.17) is 0 Å². The Kier molecular flexibility index (Phi) is 6.42. The van der Waals surface area contributed by atoms with Crippen molar-refractivity contribution in [2.75, 3.05) is 22.6 Å². The van der Waals surface area contributed by atoms with Gasteiger partial charge in [0.2, 0.25) is 11.9 Å². The summed E-state index contributed by atoms with van der Waals surface area (Å²) in [5.74, 6) is 0.828. The lowest BCUT2D eigenvalue weighted by Gasteiger charge is -2.34. The molecule has 2 N–H and O–H groups in total. The molecule has 0 saturated carbocycles. The number of carbonyl (C=O) groups is 1. The maximum absolute atomic E-state index is 12.4. The number of nitrogens with one attached hydrogen (secondary N) is 2. The van der Waals surface area contributed by atoms with Gasteiger partial charge in [0.15, 0.2) is 5.82 Å². The maximum atomic E-state index is 12.4. The van der Waals surface area contributed by atoms with Gasteiger partial charge in [0.1, 0.15) is 18.3 Å². The van der Waals surface area contributed by atoms with E-state index in [1.807, 2.05) is 6.92 Å². The molecule has 1 amide bonds. The quantitative estimate of drug-likeness (QED) is 0.777. The molecule has 3 rings (SSSR count). The maximum Gasteiger partial charge on any atom is 0.408 e. The van der Waals surface area contributed by atoms with Crippen LogP contribution < -0.4 is 15.5 Å². The number of rotatable bonds is 5. The van der Waals surface area contributed by atoms with Gasteiger partial charge in [-0.2, -0.15) is 36.7 Å². The van der Waals surface area contributed by atoms with Gasteiger partial charge in [-0.3, -0.25) is 9.48 Å². The molecule has 2 aromatic rings. The minimum atomic E-state index is -4.32. The smallest absolute Gasteiger partial charge is 0.350 e. The number of hydrogen-bond donors (Lipinski definition) is 2. The van der Waals surface area contributed by atoms with Crippen molar-refractivity contribution in [1.29, 1.82) is 0 Å². The average Bonchev–Trinajstić information content (AvgIpc) is 3.00. The van der Waals surface area contributed by atoms with Gasteiger partial charge < -0.3 is 15.5 Å². The molecule has 3 heterocycles. The summed E-state index contributed by atoms with van der Waals surface area (Å²) in [4.78, 5) is 22.7. The van der Waals surface area contributed by atoms with E-state index in [0.29, 0.717) is 35.1 Å². The highest BCUT2D eigenvalue weighted by Gasteiger charge is 2.32. The normalized spacial score (nSPS) is 16.3. The molecule has 28 heavy (non-hydrogen) atoms. The van der Waals surface area contributed by atoms with Gasteiger partial charge >= 0.3 is 6.18 Å². The first-order valence-electron chi connectivity index (χ1n) is 8.42. The highest BCUT2D eigenvalue weighted by Crippen LogP contribution is 2.33. The monoisotopic (exact) mass is 417 g/mol. The second kappa shape index (κ2) is 8.25. The Morgan fingerprint density at radius 3 is 2.68 bits per heavy atom. The van der Waals surface area contributed by atoms with Crippen molar-refractivity contribution < 1.29 is 18.0 Å². The fourth-order valence-electron chi connectivity index (χ4n) is 2.98. The second-order valence-corrected chi connectivity index (χ2v) is 6.37. The molecule has 1 aliphatic heterocycles. The molecule has 0 unspecified atom stereocenters. The highest BCUT2D eigenvalue weighted by molar-refractivity contribution is 7.59. The van der Waals surface area contributed by atoms with Gasteiger partial charge in [0, 0.05) is 25.4 Å². The summed E-state index contributed by atoms with van der Waals surface area (Å²) >= 11 is 0. The van der Waals surface area contributed by atoms with E-state index in [1.165, 1.54) is 12.4 Å². The van der Waals surface area contributed by atoms with Crippen LogP contribution in [0.1, 0.15) is 24.6 Å². The molecule has 0 radical (unpaired) electrons. The van der Waals surface area contributed by atoms with Crippen LogP contribution in [0.2, 0.25) is 0 Å². The van der Waals surface area contributed by atoms with Crippen molar-refractivity contribution >= 4 is 36.9 Å². The fraction of sp³-hybridized carbons (Fsp3) is 0.500. The third kappa shape index (κ3) is 4.66. The largest absolute Gasteiger partial charge is 0.408 e. The Labute approximate surface area is 167 Å². The SMILES string of the molecule is CC[C@H]1C(=O)Nc2c(C)nc(NCc3cnn(CC(F)(F)F)c3)nc2N1C.S. The second-order valence-electron chi connectivity index (χ2n) is 6.37. The molecule has 2 aromatic heterocycles. The summed E-state index contributed by atoms with van der Waals surface area (Å²) < 4.78 is 38.0. The number of fused-ring (bicyclic) bond motifs is 1. The number of likely N-dealkylation sites (N-methyl/N-ethyl adjacent to an activating group) is 1. The Balaban J connectivity index is 0.00000280. The molecule has 0 bridgehead atoms. The molecule has 8 nitrogen and oxygen atoms in total. The number of aromatic nitrogens is 4. The van der Waals surface area contributed by atoms with Crippen LogP contribution in [0, 0.1) is 6.92 Å². The van der Waals surface area contributed by atoms with E-state index in [9.17, 15) is 18.0 Å². The van der Waals surface area contributed by atoms with Crippen LogP contribution in [0.3, 0.4) is 0 Å². The lowest BCUT2D eigenvalue weighted by molar-refractivity contribution is -0.142. The number of carbonyl (C=O) groups excluding carboxylic acids is 1. The minimum absolute atomic E-state index is 0. The topological polar surface area (TPSA) is 88.0 Å². The average molecular weight is 417 g/mol. The van der Waals surface area contributed by atoms with Gasteiger partial charge in [0.25, 0.3) is 0 Å². The van der Waals surface area contributed by atoms with E-state index >= 15 is 0 Å².